The van der Waals surface area contributed by atoms with Gasteiger partial charge in [0.05, 0.1) is 5.75 Å². The molecule has 1 aromatic carbocycles. The Morgan fingerprint density at radius 2 is 2.33 bits per heavy atom. The molecule has 0 aliphatic rings. The second-order valence-corrected chi connectivity index (χ2v) is 4.79. The van der Waals surface area contributed by atoms with Gasteiger partial charge in [-0.2, -0.15) is 0 Å². The summed E-state index contributed by atoms with van der Waals surface area (Å²) in [5.74, 6) is 3.03. The van der Waals surface area contributed by atoms with E-state index in [4.69, 9.17) is 12.2 Å². The SMILES string of the molecule is C#CCSCCNC(=O)c1cc(N)c(C)c(F)c1. The Labute approximate surface area is 110 Å². The predicted octanol–water partition coefficient (Wildman–Crippen LogP) is 1.81. The number of carbonyl (C=O) groups is 1. The van der Waals surface area contributed by atoms with Crippen LogP contribution in [0.5, 0.6) is 0 Å². The molecule has 0 aromatic heterocycles. The maximum Gasteiger partial charge on any atom is 0.251 e. The highest BCUT2D eigenvalue weighted by molar-refractivity contribution is 7.99. The number of nitrogens with two attached hydrogens (primary N) is 1. The smallest absolute Gasteiger partial charge is 0.251 e. The van der Waals surface area contributed by atoms with Gasteiger partial charge >= 0.3 is 0 Å². The van der Waals surface area contributed by atoms with E-state index in [1.165, 1.54) is 12.1 Å². The van der Waals surface area contributed by atoms with Crippen molar-refractivity contribution in [2.45, 2.75) is 6.92 Å². The first-order valence-corrected chi connectivity index (χ1v) is 6.56. The molecule has 0 saturated heterocycles. The molecule has 0 atom stereocenters. The first kappa shape index (κ1) is 14.4. The van der Waals surface area contributed by atoms with Crippen LogP contribution in [0, 0.1) is 25.1 Å². The number of amides is 1. The molecule has 3 N–H and O–H groups in total. The van der Waals surface area contributed by atoms with E-state index in [1.807, 2.05) is 0 Å². The molecule has 0 spiro atoms. The fraction of sp³-hybridized carbons (Fsp3) is 0.308. The molecule has 3 nitrogen and oxygen atoms in total. The van der Waals surface area contributed by atoms with Crippen molar-refractivity contribution >= 4 is 23.4 Å². The minimum atomic E-state index is -0.471. The summed E-state index contributed by atoms with van der Waals surface area (Å²) in [4.78, 5) is 11.7. The lowest BCUT2D eigenvalue weighted by Crippen LogP contribution is -2.26. The van der Waals surface area contributed by atoms with E-state index in [1.54, 1.807) is 18.7 Å². The molecule has 0 fully saturated rings. The average molecular weight is 266 g/mol. The van der Waals surface area contributed by atoms with Crippen molar-refractivity contribution in [3.8, 4) is 12.3 Å². The number of terminal acetylenes is 1. The van der Waals surface area contributed by atoms with Gasteiger partial charge in [0.2, 0.25) is 0 Å². The number of hydrogen-bond acceptors (Lipinski definition) is 3. The van der Waals surface area contributed by atoms with Gasteiger partial charge in [-0.15, -0.1) is 18.2 Å². The number of benzene rings is 1. The van der Waals surface area contributed by atoms with Crippen LogP contribution in [0.2, 0.25) is 0 Å². The fourth-order valence-electron chi connectivity index (χ4n) is 1.30. The Morgan fingerprint density at radius 1 is 1.61 bits per heavy atom. The number of rotatable bonds is 5. The third-order valence-corrected chi connectivity index (χ3v) is 3.23. The Kier molecular flexibility index (Phi) is 5.53. The molecule has 0 saturated carbocycles. The van der Waals surface area contributed by atoms with Crippen LogP contribution in [0.15, 0.2) is 12.1 Å². The van der Waals surface area contributed by atoms with Crippen LogP contribution in [-0.2, 0) is 0 Å². The molecule has 0 bridgehead atoms. The molecule has 96 valence electrons. The summed E-state index contributed by atoms with van der Waals surface area (Å²) in [6, 6.07) is 2.66. The van der Waals surface area contributed by atoms with E-state index in [0.29, 0.717) is 17.9 Å². The van der Waals surface area contributed by atoms with Gasteiger partial charge in [0.25, 0.3) is 5.91 Å². The second-order valence-electron chi connectivity index (χ2n) is 3.68. The number of anilines is 1. The van der Waals surface area contributed by atoms with Gasteiger partial charge in [0, 0.05) is 29.1 Å². The summed E-state index contributed by atoms with van der Waals surface area (Å²) in [6.07, 6.45) is 5.10. The summed E-state index contributed by atoms with van der Waals surface area (Å²) in [5, 5.41) is 2.68. The fourth-order valence-corrected chi connectivity index (χ4v) is 1.81. The monoisotopic (exact) mass is 266 g/mol. The number of thioether (sulfide) groups is 1. The van der Waals surface area contributed by atoms with Gasteiger partial charge in [-0.1, -0.05) is 5.92 Å². The number of nitrogens with one attached hydrogen (secondary N) is 1. The minimum Gasteiger partial charge on any atom is -0.398 e. The van der Waals surface area contributed by atoms with Crippen molar-refractivity contribution in [3.63, 3.8) is 0 Å². The number of hydrogen-bond donors (Lipinski definition) is 2. The Bertz CT molecular complexity index is 459. The molecule has 5 heteroatoms. The highest BCUT2D eigenvalue weighted by atomic mass is 32.2. The van der Waals surface area contributed by atoms with E-state index in [0.717, 1.165) is 5.75 Å². The lowest BCUT2D eigenvalue weighted by molar-refractivity contribution is 0.0956. The summed E-state index contributed by atoms with van der Waals surface area (Å²) < 4.78 is 13.4. The van der Waals surface area contributed by atoms with Crippen molar-refractivity contribution in [1.29, 1.82) is 0 Å². The van der Waals surface area contributed by atoms with E-state index in [-0.39, 0.29) is 17.2 Å². The molecule has 0 unspecified atom stereocenters. The second kappa shape index (κ2) is 6.92. The van der Waals surface area contributed by atoms with Crippen LogP contribution < -0.4 is 11.1 Å². The third kappa shape index (κ3) is 3.97. The summed E-state index contributed by atoms with van der Waals surface area (Å²) >= 11 is 1.55. The van der Waals surface area contributed by atoms with Gasteiger partial charge in [-0.3, -0.25) is 4.79 Å². The predicted molar refractivity (Wildman–Crippen MR) is 74.0 cm³/mol. The van der Waals surface area contributed by atoms with Gasteiger partial charge in [0.1, 0.15) is 5.82 Å². The normalized spacial score (nSPS) is 9.83. The van der Waals surface area contributed by atoms with Crippen LogP contribution >= 0.6 is 11.8 Å². The topological polar surface area (TPSA) is 55.1 Å². The average Bonchev–Trinajstić information content (AvgIpc) is 2.34. The number of halogens is 1. The maximum absolute atomic E-state index is 13.4. The van der Waals surface area contributed by atoms with E-state index in [2.05, 4.69) is 11.2 Å². The standard InChI is InChI=1S/C13H15FN2OS/c1-3-5-18-6-4-16-13(17)10-7-11(14)9(2)12(15)8-10/h1,7-8H,4-6,15H2,2H3,(H,16,17). The van der Waals surface area contributed by atoms with Crippen LogP contribution in [0.25, 0.3) is 0 Å². The largest absolute Gasteiger partial charge is 0.398 e. The van der Waals surface area contributed by atoms with E-state index >= 15 is 0 Å². The van der Waals surface area contributed by atoms with Crippen molar-refractivity contribution in [3.05, 3.63) is 29.1 Å². The van der Waals surface area contributed by atoms with Gasteiger partial charge in [-0.05, 0) is 19.1 Å². The molecule has 0 aliphatic heterocycles. The first-order valence-electron chi connectivity index (χ1n) is 5.41. The van der Waals surface area contributed by atoms with Crippen molar-refractivity contribution in [2.24, 2.45) is 0 Å². The first-order chi connectivity index (χ1) is 8.56. The molecule has 0 heterocycles. The minimum absolute atomic E-state index is 0.234. The molecule has 0 radical (unpaired) electrons. The molecule has 1 rings (SSSR count). The lowest BCUT2D eigenvalue weighted by Gasteiger charge is -2.07. The lowest BCUT2D eigenvalue weighted by atomic mass is 10.1. The van der Waals surface area contributed by atoms with Gasteiger partial charge in [0.15, 0.2) is 0 Å². The molecule has 0 aliphatic carbocycles. The van der Waals surface area contributed by atoms with Crippen molar-refractivity contribution < 1.29 is 9.18 Å². The Hall–Kier alpha value is -1.67. The molecule has 18 heavy (non-hydrogen) atoms. The van der Waals surface area contributed by atoms with Crippen LogP contribution in [0.1, 0.15) is 15.9 Å². The highest BCUT2D eigenvalue weighted by Crippen LogP contribution is 2.17. The van der Waals surface area contributed by atoms with Crippen LogP contribution in [0.4, 0.5) is 10.1 Å². The van der Waals surface area contributed by atoms with E-state index in [9.17, 15) is 9.18 Å². The molecule has 1 aromatic rings. The zero-order valence-corrected chi connectivity index (χ0v) is 10.9. The number of nitrogen functional groups attached to an aromatic ring is 1. The van der Waals surface area contributed by atoms with Crippen LogP contribution in [0.3, 0.4) is 0 Å². The summed E-state index contributed by atoms with van der Waals surface area (Å²) in [7, 11) is 0. The van der Waals surface area contributed by atoms with Crippen LogP contribution in [-0.4, -0.2) is 24.0 Å². The van der Waals surface area contributed by atoms with Crippen molar-refractivity contribution in [1.82, 2.24) is 5.32 Å². The van der Waals surface area contributed by atoms with Gasteiger partial charge in [-0.25, -0.2) is 4.39 Å². The molecule has 1 amide bonds. The summed E-state index contributed by atoms with van der Waals surface area (Å²) in [6.45, 7) is 2.06. The van der Waals surface area contributed by atoms with E-state index < -0.39 is 5.82 Å². The quantitative estimate of drug-likeness (QED) is 0.485. The molecular weight excluding hydrogens is 251 g/mol. The van der Waals surface area contributed by atoms with Crippen molar-refractivity contribution in [2.75, 3.05) is 23.8 Å². The third-order valence-electron chi connectivity index (χ3n) is 2.36. The Morgan fingerprint density at radius 3 is 2.94 bits per heavy atom. The van der Waals surface area contributed by atoms with Gasteiger partial charge < -0.3 is 11.1 Å². The zero-order valence-electron chi connectivity index (χ0n) is 10.1. The molecular formula is C13H15FN2OS. The number of carbonyl (C=O) groups excluding carboxylic acids is 1. The Balaban J connectivity index is 2.55. The summed E-state index contributed by atoms with van der Waals surface area (Å²) in [5.41, 5.74) is 6.48. The maximum atomic E-state index is 13.4. The zero-order chi connectivity index (χ0) is 13.5. The highest BCUT2D eigenvalue weighted by Gasteiger charge is 2.10.